The third-order valence-electron chi connectivity index (χ3n) is 4.12. The fourth-order valence-electron chi connectivity index (χ4n) is 3.12. The van der Waals surface area contributed by atoms with Gasteiger partial charge in [-0.25, -0.2) is 0 Å². The zero-order chi connectivity index (χ0) is 15.7. The minimum atomic E-state index is -2.54. The molecule has 1 aliphatic rings. The van der Waals surface area contributed by atoms with E-state index in [-0.39, 0.29) is 12.2 Å². The van der Waals surface area contributed by atoms with E-state index in [1.807, 2.05) is 20.8 Å². The van der Waals surface area contributed by atoms with Crippen molar-refractivity contribution in [3.8, 4) is 0 Å². The molecule has 0 radical (unpaired) electrons. The summed E-state index contributed by atoms with van der Waals surface area (Å²) in [6.45, 7) is 7.79. The van der Waals surface area contributed by atoms with Crippen LogP contribution in [-0.2, 0) is 18.0 Å². The zero-order valence-electron chi connectivity index (χ0n) is 14.0. The first kappa shape index (κ1) is 19.1. The van der Waals surface area contributed by atoms with Crippen LogP contribution in [0.2, 0.25) is 6.04 Å². The molecule has 0 heterocycles. The van der Waals surface area contributed by atoms with Crippen molar-refractivity contribution in [2.45, 2.75) is 64.7 Å². The van der Waals surface area contributed by atoms with Crippen molar-refractivity contribution < 1.29 is 23.1 Å². The molecule has 0 aromatic rings. The largest absolute Gasteiger partial charge is 0.500 e. The van der Waals surface area contributed by atoms with E-state index in [0.29, 0.717) is 25.7 Å². The Morgan fingerprint density at radius 2 is 1.57 bits per heavy atom. The molecule has 3 unspecified atom stereocenters. The first-order valence-electron chi connectivity index (χ1n) is 8.23. The Morgan fingerprint density at radius 3 is 2.00 bits per heavy atom. The van der Waals surface area contributed by atoms with Gasteiger partial charge in [0.25, 0.3) is 0 Å². The zero-order valence-corrected chi connectivity index (χ0v) is 15.0. The summed E-state index contributed by atoms with van der Waals surface area (Å²) in [6, 6.07) is 0.831. The predicted octanol–water partition coefficient (Wildman–Crippen LogP) is 2.60. The number of aliphatic hydroxyl groups is 1. The van der Waals surface area contributed by atoms with E-state index in [1.54, 1.807) is 7.11 Å². The fraction of sp³-hybridized carbons (Fsp3) is 1.00. The van der Waals surface area contributed by atoms with Crippen molar-refractivity contribution in [2.75, 3.05) is 26.9 Å². The molecule has 1 rings (SSSR count). The van der Waals surface area contributed by atoms with Crippen molar-refractivity contribution in [1.82, 2.24) is 0 Å². The molecule has 1 fully saturated rings. The molecule has 0 aromatic heterocycles. The van der Waals surface area contributed by atoms with Gasteiger partial charge in [0.05, 0.1) is 12.2 Å². The highest BCUT2D eigenvalue weighted by Gasteiger charge is 2.41. The normalized spacial score (nSPS) is 27.0. The maximum Gasteiger partial charge on any atom is 0.500 e. The van der Waals surface area contributed by atoms with Gasteiger partial charge in [-0.15, -0.1) is 0 Å². The number of hydrogen-bond donors (Lipinski definition) is 1. The van der Waals surface area contributed by atoms with Crippen molar-refractivity contribution in [1.29, 1.82) is 0 Å². The van der Waals surface area contributed by atoms with Crippen molar-refractivity contribution in [2.24, 2.45) is 5.92 Å². The van der Waals surface area contributed by atoms with Gasteiger partial charge < -0.3 is 23.1 Å². The molecule has 0 aromatic carbocycles. The second-order valence-corrected chi connectivity index (χ2v) is 8.27. The van der Waals surface area contributed by atoms with Gasteiger partial charge in [0.1, 0.15) is 0 Å². The number of ether oxygens (including phenoxy) is 1. The van der Waals surface area contributed by atoms with Crippen molar-refractivity contribution in [3.05, 3.63) is 0 Å². The summed E-state index contributed by atoms with van der Waals surface area (Å²) in [5, 5.41) is 10.1. The summed E-state index contributed by atoms with van der Waals surface area (Å²) in [5.41, 5.74) is 0. The van der Waals surface area contributed by atoms with Gasteiger partial charge in [-0.3, -0.25) is 0 Å². The van der Waals surface area contributed by atoms with Crippen LogP contribution in [0.4, 0.5) is 0 Å². The van der Waals surface area contributed by atoms with Crippen LogP contribution < -0.4 is 0 Å². The number of rotatable bonds is 10. The fourth-order valence-corrected chi connectivity index (χ4v) is 5.89. The average Bonchev–Trinajstić information content (AvgIpc) is 2.46. The highest BCUT2D eigenvalue weighted by atomic mass is 28.4. The maximum atomic E-state index is 10.1. The van der Waals surface area contributed by atoms with Crippen molar-refractivity contribution in [3.63, 3.8) is 0 Å². The van der Waals surface area contributed by atoms with Crippen LogP contribution in [0, 0.1) is 5.92 Å². The molecule has 1 aliphatic carbocycles. The molecule has 0 spiro atoms. The molecule has 0 saturated heterocycles. The van der Waals surface area contributed by atoms with Crippen molar-refractivity contribution >= 4 is 8.80 Å². The molecule has 0 bridgehead atoms. The highest BCUT2D eigenvalue weighted by Crippen LogP contribution is 2.32. The summed E-state index contributed by atoms with van der Waals surface area (Å²) in [4.78, 5) is 0. The molecule has 3 atom stereocenters. The smallest absolute Gasteiger partial charge is 0.390 e. The van der Waals surface area contributed by atoms with Crippen LogP contribution in [0.15, 0.2) is 0 Å². The Balaban J connectivity index is 2.52. The number of hydrogen-bond acceptors (Lipinski definition) is 5. The van der Waals surface area contributed by atoms with E-state index in [2.05, 4.69) is 0 Å². The Morgan fingerprint density at radius 1 is 1.00 bits per heavy atom. The summed E-state index contributed by atoms with van der Waals surface area (Å²) in [6.07, 6.45) is 3.44. The average molecular weight is 321 g/mol. The van der Waals surface area contributed by atoms with Gasteiger partial charge >= 0.3 is 8.80 Å². The minimum absolute atomic E-state index is 0.00562. The minimum Gasteiger partial charge on any atom is -0.390 e. The lowest BCUT2D eigenvalue weighted by Crippen LogP contribution is -2.46. The molecular weight excluding hydrogens is 288 g/mol. The third-order valence-corrected chi connectivity index (χ3v) is 7.20. The molecule has 1 N–H and O–H groups in total. The van der Waals surface area contributed by atoms with Crippen LogP contribution >= 0.6 is 0 Å². The Bertz CT molecular complexity index is 260. The van der Waals surface area contributed by atoms with E-state index >= 15 is 0 Å². The predicted molar refractivity (Wildman–Crippen MR) is 84.2 cm³/mol. The number of aliphatic hydroxyl groups excluding tert-OH is 1. The molecule has 21 heavy (non-hydrogen) atoms. The first-order chi connectivity index (χ1) is 10.1. The molecule has 126 valence electrons. The van der Waals surface area contributed by atoms with Gasteiger partial charge in [0, 0.05) is 33.0 Å². The van der Waals surface area contributed by atoms with Gasteiger partial charge in [-0.2, -0.15) is 0 Å². The summed E-state index contributed by atoms with van der Waals surface area (Å²) >= 11 is 0. The Kier molecular flexibility index (Phi) is 9.00. The van der Waals surface area contributed by atoms with Crippen LogP contribution in [0.1, 0.15) is 46.5 Å². The van der Waals surface area contributed by atoms with E-state index in [0.717, 1.165) is 31.7 Å². The van der Waals surface area contributed by atoms with Gasteiger partial charge in [0.2, 0.25) is 0 Å². The van der Waals surface area contributed by atoms with E-state index in [4.69, 9.17) is 18.0 Å². The Hall–Kier alpha value is 0.0169. The molecular formula is C15H32O5Si. The first-order valence-corrected chi connectivity index (χ1v) is 10.2. The highest BCUT2D eigenvalue weighted by molar-refractivity contribution is 6.60. The van der Waals surface area contributed by atoms with Crippen LogP contribution in [0.25, 0.3) is 0 Å². The lowest BCUT2D eigenvalue weighted by molar-refractivity contribution is -0.0507. The molecule has 1 saturated carbocycles. The van der Waals surface area contributed by atoms with Gasteiger partial charge in [-0.1, -0.05) is 0 Å². The van der Waals surface area contributed by atoms with Crippen LogP contribution in [-0.4, -0.2) is 53.0 Å². The lowest BCUT2D eigenvalue weighted by Gasteiger charge is -2.34. The summed E-state index contributed by atoms with van der Waals surface area (Å²) < 4.78 is 22.9. The lowest BCUT2D eigenvalue weighted by atomic mass is 9.84. The van der Waals surface area contributed by atoms with Gasteiger partial charge in [0.15, 0.2) is 0 Å². The van der Waals surface area contributed by atoms with E-state index in [1.165, 1.54) is 0 Å². The summed E-state index contributed by atoms with van der Waals surface area (Å²) in [7, 11) is -0.868. The third kappa shape index (κ3) is 5.96. The molecule has 5 nitrogen and oxygen atoms in total. The van der Waals surface area contributed by atoms with Crippen LogP contribution in [0.3, 0.4) is 0 Å². The topological polar surface area (TPSA) is 57.2 Å². The number of methoxy groups -OCH3 is 1. The standard InChI is InChI=1S/C15H32O5Si/c1-5-18-21(19-6-2,20-7-3)11-10-13-8-9-15(17-4)14(16)12-13/h13-16H,5-12H2,1-4H3. The Labute approximate surface area is 130 Å². The monoisotopic (exact) mass is 320 g/mol. The second-order valence-electron chi connectivity index (χ2n) is 5.54. The second kappa shape index (κ2) is 9.92. The SMILES string of the molecule is CCO[Si](CCC1CCC(OC)C(O)C1)(OCC)OCC. The van der Waals surface area contributed by atoms with Gasteiger partial charge in [-0.05, 0) is 52.4 Å². The van der Waals surface area contributed by atoms with Crippen LogP contribution in [0.5, 0.6) is 0 Å². The molecule has 0 aliphatic heterocycles. The maximum absolute atomic E-state index is 10.1. The molecule has 0 amide bonds. The summed E-state index contributed by atoms with van der Waals surface area (Å²) in [5.74, 6) is 0.500. The van der Waals surface area contributed by atoms with E-state index < -0.39 is 8.80 Å². The quantitative estimate of drug-likeness (QED) is 0.627. The molecule has 6 heteroatoms. The van der Waals surface area contributed by atoms with E-state index in [9.17, 15) is 5.11 Å².